The molecule has 0 radical (unpaired) electrons. The van der Waals surface area contributed by atoms with Crippen LogP contribution in [0.5, 0.6) is 0 Å². The van der Waals surface area contributed by atoms with Gasteiger partial charge < -0.3 is 10.3 Å². The molecule has 1 unspecified atom stereocenters. The number of nitrogens with zero attached hydrogens (tertiary/aromatic N) is 1. The predicted molar refractivity (Wildman–Crippen MR) is 107 cm³/mol. The Hall–Kier alpha value is -2.69. The second-order valence-corrected chi connectivity index (χ2v) is 6.87. The quantitative estimate of drug-likeness (QED) is 0.469. The summed E-state index contributed by atoms with van der Waals surface area (Å²) in [6.45, 7) is 0.319. The summed E-state index contributed by atoms with van der Waals surface area (Å²) in [7, 11) is 0. The van der Waals surface area contributed by atoms with Crippen LogP contribution in [-0.2, 0) is 13.0 Å². The summed E-state index contributed by atoms with van der Waals surface area (Å²) in [5.41, 5.74) is 3.54. The lowest BCUT2D eigenvalue weighted by atomic mass is 10.0. The number of aromatic amines is 1. The molecule has 1 heterocycles. The number of imidazole rings is 1. The number of halogens is 2. The van der Waals surface area contributed by atoms with Gasteiger partial charge in [0.05, 0.1) is 17.1 Å². The van der Waals surface area contributed by atoms with Crippen molar-refractivity contribution < 1.29 is 4.39 Å². The molecule has 0 saturated carbocycles. The summed E-state index contributed by atoms with van der Waals surface area (Å²) < 4.78 is 14.1. The number of nitrogens with one attached hydrogen (secondary N) is 2. The van der Waals surface area contributed by atoms with E-state index in [9.17, 15) is 4.39 Å². The fraction of sp³-hybridized carbons (Fsp3) is 0.136. The maximum atomic E-state index is 14.1. The number of para-hydroxylation sites is 2. The van der Waals surface area contributed by atoms with E-state index < -0.39 is 0 Å². The van der Waals surface area contributed by atoms with E-state index in [1.165, 1.54) is 11.6 Å². The van der Waals surface area contributed by atoms with Crippen molar-refractivity contribution in [3.8, 4) is 0 Å². The number of H-pyrrole nitrogens is 1. The molecule has 2 N–H and O–H groups in total. The van der Waals surface area contributed by atoms with Crippen molar-refractivity contribution in [2.24, 2.45) is 0 Å². The highest BCUT2D eigenvalue weighted by molar-refractivity contribution is 6.31. The Morgan fingerprint density at radius 3 is 2.52 bits per heavy atom. The van der Waals surface area contributed by atoms with Gasteiger partial charge in [0.2, 0.25) is 0 Å². The van der Waals surface area contributed by atoms with E-state index in [0.29, 0.717) is 17.1 Å². The average Bonchev–Trinajstić information content (AvgIpc) is 3.11. The third kappa shape index (κ3) is 4.02. The highest BCUT2D eigenvalue weighted by atomic mass is 35.5. The van der Waals surface area contributed by atoms with E-state index >= 15 is 0 Å². The minimum absolute atomic E-state index is 0.101. The summed E-state index contributed by atoms with van der Waals surface area (Å²) in [5.74, 6) is 0.519. The second kappa shape index (κ2) is 7.91. The van der Waals surface area contributed by atoms with Gasteiger partial charge in [-0.3, -0.25) is 0 Å². The summed E-state index contributed by atoms with van der Waals surface area (Å²) in [5, 5.41) is 3.85. The van der Waals surface area contributed by atoms with Gasteiger partial charge in [0.15, 0.2) is 0 Å². The van der Waals surface area contributed by atoms with E-state index in [1.807, 2.05) is 42.5 Å². The van der Waals surface area contributed by atoms with Gasteiger partial charge in [-0.2, -0.15) is 0 Å². The molecule has 0 aliphatic heterocycles. The molecule has 0 aliphatic rings. The van der Waals surface area contributed by atoms with Gasteiger partial charge in [-0.25, -0.2) is 9.37 Å². The van der Waals surface area contributed by atoms with Crippen LogP contribution in [0.15, 0.2) is 72.8 Å². The Bertz CT molecular complexity index is 993. The maximum absolute atomic E-state index is 14.1. The molecule has 0 aliphatic carbocycles. The first-order valence-corrected chi connectivity index (χ1v) is 9.23. The minimum Gasteiger partial charge on any atom is -0.341 e. The van der Waals surface area contributed by atoms with Crippen LogP contribution < -0.4 is 5.32 Å². The molecule has 27 heavy (non-hydrogen) atoms. The van der Waals surface area contributed by atoms with Crippen molar-refractivity contribution in [1.82, 2.24) is 15.3 Å². The first-order chi connectivity index (χ1) is 13.2. The lowest BCUT2D eigenvalue weighted by Crippen LogP contribution is -2.24. The Morgan fingerprint density at radius 2 is 1.74 bits per heavy atom. The Kier molecular flexibility index (Phi) is 5.19. The molecule has 0 amide bonds. The van der Waals surface area contributed by atoms with Crippen molar-refractivity contribution >= 4 is 22.6 Å². The highest BCUT2D eigenvalue weighted by Crippen LogP contribution is 2.23. The second-order valence-electron chi connectivity index (χ2n) is 6.46. The zero-order valence-electron chi connectivity index (χ0n) is 14.6. The van der Waals surface area contributed by atoms with E-state index in [4.69, 9.17) is 16.6 Å². The molecule has 1 aromatic heterocycles. The van der Waals surface area contributed by atoms with Crippen LogP contribution in [0.2, 0.25) is 5.02 Å². The molecule has 0 bridgehead atoms. The summed E-state index contributed by atoms with van der Waals surface area (Å²) in [6, 6.07) is 22.7. The zero-order valence-corrected chi connectivity index (χ0v) is 15.4. The van der Waals surface area contributed by atoms with Gasteiger partial charge in [-0.15, -0.1) is 0 Å². The number of benzene rings is 3. The van der Waals surface area contributed by atoms with Crippen LogP contribution in [0, 0.1) is 5.82 Å². The first-order valence-electron chi connectivity index (χ1n) is 8.85. The largest absolute Gasteiger partial charge is 0.341 e. The molecule has 4 rings (SSSR count). The van der Waals surface area contributed by atoms with Crippen molar-refractivity contribution in [3.05, 3.63) is 101 Å². The summed E-state index contributed by atoms with van der Waals surface area (Å²) in [6.07, 6.45) is 0.729. The standard InChI is InChI=1S/C22H19ClFN3/c23-17-9-6-10-18(24)16(17)14-25-21(13-15-7-2-1-3-8-15)22-26-19-11-4-5-12-20(19)27-22/h1-12,21,25H,13-14H2,(H,26,27). The van der Waals surface area contributed by atoms with Crippen LogP contribution in [-0.4, -0.2) is 9.97 Å². The summed E-state index contributed by atoms with van der Waals surface area (Å²) in [4.78, 5) is 8.10. The van der Waals surface area contributed by atoms with Gasteiger partial charge in [0, 0.05) is 17.1 Å². The van der Waals surface area contributed by atoms with Gasteiger partial charge in [0.1, 0.15) is 11.6 Å². The van der Waals surface area contributed by atoms with Crippen molar-refractivity contribution in [3.63, 3.8) is 0 Å². The Morgan fingerprint density at radius 1 is 0.963 bits per heavy atom. The lowest BCUT2D eigenvalue weighted by Gasteiger charge is -2.18. The van der Waals surface area contributed by atoms with Crippen molar-refractivity contribution in [1.29, 1.82) is 0 Å². The summed E-state index contributed by atoms with van der Waals surface area (Å²) >= 11 is 6.18. The van der Waals surface area contributed by atoms with E-state index in [-0.39, 0.29) is 11.9 Å². The fourth-order valence-corrected chi connectivity index (χ4v) is 3.41. The van der Waals surface area contributed by atoms with Crippen LogP contribution in [0.25, 0.3) is 11.0 Å². The monoisotopic (exact) mass is 379 g/mol. The molecule has 0 spiro atoms. The molecular formula is C22H19ClFN3. The fourth-order valence-electron chi connectivity index (χ4n) is 3.18. The number of aromatic nitrogens is 2. The van der Waals surface area contributed by atoms with Gasteiger partial charge in [0.25, 0.3) is 0 Å². The maximum Gasteiger partial charge on any atom is 0.129 e. The topological polar surface area (TPSA) is 40.7 Å². The van der Waals surface area contributed by atoms with Crippen LogP contribution >= 0.6 is 11.6 Å². The van der Waals surface area contributed by atoms with Gasteiger partial charge in [-0.05, 0) is 36.2 Å². The van der Waals surface area contributed by atoms with Gasteiger partial charge >= 0.3 is 0 Å². The number of fused-ring (bicyclic) bond motifs is 1. The highest BCUT2D eigenvalue weighted by Gasteiger charge is 2.18. The Labute approximate surface area is 162 Å². The Balaban J connectivity index is 1.63. The molecule has 0 fully saturated rings. The zero-order chi connectivity index (χ0) is 18.6. The molecule has 1 atom stereocenters. The average molecular weight is 380 g/mol. The third-order valence-corrected chi connectivity index (χ3v) is 4.96. The van der Waals surface area contributed by atoms with Crippen LogP contribution in [0.1, 0.15) is 23.0 Å². The van der Waals surface area contributed by atoms with E-state index in [1.54, 1.807) is 12.1 Å². The van der Waals surface area contributed by atoms with Crippen LogP contribution in [0.4, 0.5) is 4.39 Å². The number of rotatable bonds is 6. The van der Waals surface area contributed by atoms with E-state index in [2.05, 4.69) is 22.4 Å². The number of hydrogen-bond acceptors (Lipinski definition) is 2. The number of hydrogen-bond donors (Lipinski definition) is 2. The van der Waals surface area contributed by atoms with Gasteiger partial charge in [-0.1, -0.05) is 60.1 Å². The molecule has 136 valence electrons. The predicted octanol–water partition coefficient (Wildman–Crippen LogP) is 5.43. The van der Waals surface area contributed by atoms with Crippen LogP contribution in [0.3, 0.4) is 0 Å². The molecule has 4 aromatic rings. The first kappa shape index (κ1) is 17.7. The smallest absolute Gasteiger partial charge is 0.129 e. The normalized spacial score (nSPS) is 12.4. The van der Waals surface area contributed by atoms with Crippen molar-refractivity contribution in [2.75, 3.05) is 0 Å². The minimum atomic E-state index is -0.307. The molecular weight excluding hydrogens is 361 g/mol. The SMILES string of the molecule is Fc1cccc(Cl)c1CNC(Cc1ccccc1)c1nc2ccccc2[nH]1. The molecule has 3 aromatic carbocycles. The molecule has 3 nitrogen and oxygen atoms in total. The molecule has 5 heteroatoms. The lowest BCUT2D eigenvalue weighted by molar-refractivity contribution is 0.497. The third-order valence-electron chi connectivity index (χ3n) is 4.61. The molecule has 0 saturated heterocycles. The van der Waals surface area contributed by atoms with E-state index in [0.717, 1.165) is 23.3 Å². The van der Waals surface area contributed by atoms with Crippen molar-refractivity contribution in [2.45, 2.75) is 19.0 Å².